The molecule has 94 valence electrons. The van der Waals surface area contributed by atoms with Crippen molar-refractivity contribution < 1.29 is 30.0 Å². The summed E-state index contributed by atoms with van der Waals surface area (Å²) in [4.78, 5) is 9.00. The lowest BCUT2D eigenvalue weighted by Crippen LogP contribution is -2.15. The molecule has 0 saturated carbocycles. The van der Waals surface area contributed by atoms with Crippen molar-refractivity contribution in [1.82, 2.24) is 0 Å². The maximum atomic E-state index is 9.00. The maximum Gasteiger partial charge on any atom is 0.300 e. The van der Waals surface area contributed by atoms with E-state index >= 15 is 0 Å². The summed E-state index contributed by atoms with van der Waals surface area (Å²) in [5.74, 6) is -0.833. The molecule has 0 aromatic rings. The molecule has 4 N–H and O–H groups in total. The molecule has 0 fully saturated rings. The van der Waals surface area contributed by atoms with Crippen LogP contribution in [-0.4, -0.2) is 58.9 Å². The molecule has 0 spiro atoms. The lowest BCUT2D eigenvalue weighted by Gasteiger charge is -1.96. The lowest BCUT2D eigenvalue weighted by molar-refractivity contribution is -0.134. The first-order valence-corrected chi connectivity index (χ1v) is 4.63. The van der Waals surface area contributed by atoms with Crippen LogP contribution in [0.15, 0.2) is 0 Å². The van der Waals surface area contributed by atoms with Crippen LogP contribution in [0.25, 0.3) is 0 Å². The number of ether oxygens (including phenoxy) is 1. The van der Waals surface area contributed by atoms with Crippen molar-refractivity contribution in [2.45, 2.75) is 26.9 Å². The molecule has 0 aromatic heterocycles. The van der Waals surface area contributed by atoms with Gasteiger partial charge in [0.1, 0.15) is 6.10 Å². The highest BCUT2D eigenvalue weighted by Gasteiger charge is 1.93. The number of aliphatic hydroxyl groups is 3. The smallest absolute Gasteiger partial charge is 0.300 e. The van der Waals surface area contributed by atoms with Crippen LogP contribution in [0, 0.1) is 0 Å². The Labute approximate surface area is 90.1 Å². The Hall–Kier alpha value is -0.690. The maximum absolute atomic E-state index is 9.00. The van der Waals surface area contributed by atoms with Gasteiger partial charge < -0.3 is 25.2 Å². The molecule has 0 atom stereocenters. The van der Waals surface area contributed by atoms with Gasteiger partial charge in [0.05, 0.1) is 13.2 Å². The second kappa shape index (κ2) is 19.0. The first kappa shape index (κ1) is 19.8. The molecule has 0 aliphatic carbocycles. The van der Waals surface area contributed by atoms with Crippen molar-refractivity contribution in [2.75, 3.05) is 26.4 Å². The zero-order valence-electron chi connectivity index (χ0n) is 9.51. The minimum absolute atomic E-state index is 0.365. The monoisotopic (exact) mass is 226 g/mol. The van der Waals surface area contributed by atoms with Crippen LogP contribution in [0.1, 0.15) is 20.8 Å². The molecule has 0 aromatic carbocycles. The molecule has 0 amide bonds. The van der Waals surface area contributed by atoms with Gasteiger partial charge in [0.25, 0.3) is 5.97 Å². The second-order valence-corrected chi connectivity index (χ2v) is 2.32. The quantitative estimate of drug-likeness (QED) is 0.513. The van der Waals surface area contributed by atoms with Crippen LogP contribution in [0.2, 0.25) is 0 Å². The second-order valence-electron chi connectivity index (χ2n) is 2.32. The van der Waals surface area contributed by atoms with E-state index in [0.29, 0.717) is 0 Å². The van der Waals surface area contributed by atoms with E-state index in [0.717, 1.165) is 20.1 Å². The van der Waals surface area contributed by atoms with Crippen LogP contribution in [-0.2, 0) is 9.53 Å². The van der Waals surface area contributed by atoms with Crippen molar-refractivity contribution in [3.63, 3.8) is 0 Å². The number of carboxylic acid groups (broad SMARTS) is 1. The van der Waals surface area contributed by atoms with E-state index in [4.69, 9.17) is 30.0 Å². The highest BCUT2D eigenvalue weighted by atomic mass is 16.5. The van der Waals surface area contributed by atoms with Gasteiger partial charge in [-0.3, -0.25) is 4.79 Å². The largest absolute Gasteiger partial charge is 0.481 e. The Morgan fingerprint density at radius 3 is 1.47 bits per heavy atom. The first-order chi connectivity index (χ1) is 6.95. The number of carbonyl (C=O) groups is 1. The number of hydrogen-bond acceptors (Lipinski definition) is 5. The summed E-state index contributed by atoms with van der Waals surface area (Å²) in [6.45, 7) is 6.02. The molecule has 0 aliphatic heterocycles. The summed E-state index contributed by atoms with van der Waals surface area (Å²) in [6.07, 6.45) is -0.954. The highest BCUT2D eigenvalue weighted by molar-refractivity contribution is 5.62. The van der Waals surface area contributed by atoms with Crippen molar-refractivity contribution >= 4 is 5.97 Å². The SMILES string of the molecule is CC(=O)O.CCOCC.OCC(O)CO. The van der Waals surface area contributed by atoms with Gasteiger partial charge in [0.15, 0.2) is 0 Å². The number of aliphatic hydroxyl groups excluding tert-OH is 3. The molecule has 15 heavy (non-hydrogen) atoms. The summed E-state index contributed by atoms with van der Waals surface area (Å²) in [5.41, 5.74) is 0. The van der Waals surface area contributed by atoms with Gasteiger partial charge in [-0.1, -0.05) is 0 Å². The van der Waals surface area contributed by atoms with Crippen LogP contribution in [0.4, 0.5) is 0 Å². The van der Waals surface area contributed by atoms with E-state index in [-0.39, 0.29) is 13.2 Å². The number of aliphatic carboxylic acids is 1. The summed E-state index contributed by atoms with van der Waals surface area (Å²) < 4.78 is 4.83. The minimum Gasteiger partial charge on any atom is -0.481 e. The summed E-state index contributed by atoms with van der Waals surface area (Å²) in [7, 11) is 0. The Bertz CT molecular complexity index is 107. The van der Waals surface area contributed by atoms with Gasteiger partial charge in [-0.2, -0.15) is 0 Å². The Balaban J connectivity index is -0.000000147. The molecule has 0 radical (unpaired) electrons. The van der Waals surface area contributed by atoms with E-state index in [1.807, 2.05) is 13.8 Å². The molecule has 0 heterocycles. The number of carboxylic acids is 1. The molecule has 0 bridgehead atoms. The summed E-state index contributed by atoms with van der Waals surface area (Å²) >= 11 is 0. The summed E-state index contributed by atoms with van der Waals surface area (Å²) in [5, 5.41) is 31.4. The molecule has 0 aliphatic rings. The Morgan fingerprint density at radius 2 is 1.47 bits per heavy atom. The fourth-order valence-electron chi connectivity index (χ4n) is 0.262. The predicted molar refractivity (Wildman–Crippen MR) is 55.7 cm³/mol. The van der Waals surface area contributed by atoms with Gasteiger partial charge in [0, 0.05) is 20.1 Å². The van der Waals surface area contributed by atoms with Gasteiger partial charge in [-0.25, -0.2) is 0 Å². The van der Waals surface area contributed by atoms with Crippen molar-refractivity contribution in [3.8, 4) is 0 Å². The Morgan fingerprint density at radius 1 is 1.20 bits per heavy atom. The molecule has 0 rings (SSSR count). The fraction of sp³-hybridized carbons (Fsp3) is 0.889. The third kappa shape index (κ3) is 60.4. The number of rotatable bonds is 4. The third-order valence-electron chi connectivity index (χ3n) is 0.830. The first-order valence-electron chi connectivity index (χ1n) is 4.63. The molecule has 0 unspecified atom stereocenters. The number of hydrogen-bond donors (Lipinski definition) is 4. The van der Waals surface area contributed by atoms with Gasteiger partial charge >= 0.3 is 0 Å². The van der Waals surface area contributed by atoms with E-state index in [1.54, 1.807) is 0 Å². The zero-order chi connectivity index (χ0) is 12.7. The van der Waals surface area contributed by atoms with Crippen LogP contribution < -0.4 is 0 Å². The van der Waals surface area contributed by atoms with Crippen LogP contribution >= 0.6 is 0 Å². The van der Waals surface area contributed by atoms with Gasteiger partial charge in [0.2, 0.25) is 0 Å². The predicted octanol–water partition coefficient (Wildman–Crippen LogP) is -0.534. The standard InChI is InChI=1S/C4H10O.C3H8O3.C2H4O2/c1-3-5-4-2;4-1-3(6)2-5;1-2(3)4/h3-4H2,1-2H3;3-6H,1-2H2;1H3,(H,3,4). The van der Waals surface area contributed by atoms with Crippen molar-refractivity contribution in [2.24, 2.45) is 0 Å². The topological polar surface area (TPSA) is 107 Å². The van der Waals surface area contributed by atoms with Crippen LogP contribution in [0.5, 0.6) is 0 Å². The van der Waals surface area contributed by atoms with Crippen molar-refractivity contribution in [1.29, 1.82) is 0 Å². The Kier molecular flexibility index (Phi) is 25.1. The lowest BCUT2D eigenvalue weighted by atomic mass is 10.4. The average Bonchev–Trinajstić information content (AvgIpc) is 2.18. The van der Waals surface area contributed by atoms with E-state index in [9.17, 15) is 0 Å². The van der Waals surface area contributed by atoms with E-state index < -0.39 is 12.1 Å². The fourth-order valence-corrected chi connectivity index (χ4v) is 0.262. The van der Waals surface area contributed by atoms with E-state index in [2.05, 4.69) is 0 Å². The molecular formula is C9H22O6. The molecule has 0 saturated heterocycles. The van der Waals surface area contributed by atoms with Gasteiger partial charge in [-0.15, -0.1) is 0 Å². The molecule has 6 heteroatoms. The van der Waals surface area contributed by atoms with Crippen LogP contribution in [0.3, 0.4) is 0 Å². The minimum atomic E-state index is -0.954. The summed E-state index contributed by atoms with van der Waals surface area (Å²) in [6, 6.07) is 0. The third-order valence-corrected chi connectivity index (χ3v) is 0.830. The zero-order valence-corrected chi connectivity index (χ0v) is 9.51. The average molecular weight is 226 g/mol. The van der Waals surface area contributed by atoms with E-state index in [1.165, 1.54) is 0 Å². The van der Waals surface area contributed by atoms with Gasteiger partial charge in [-0.05, 0) is 13.8 Å². The molecule has 6 nitrogen and oxygen atoms in total. The normalized spacial score (nSPS) is 8.47. The van der Waals surface area contributed by atoms with Crippen molar-refractivity contribution in [3.05, 3.63) is 0 Å². The highest BCUT2D eigenvalue weighted by Crippen LogP contribution is 1.71. The molecular weight excluding hydrogens is 204 g/mol.